The summed E-state index contributed by atoms with van der Waals surface area (Å²) in [6, 6.07) is 0. The van der Waals surface area contributed by atoms with E-state index in [0.717, 1.165) is 14.9 Å². The van der Waals surface area contributed by atoms with Crippen molar-refractivity contribution in [2.24, 2.45) is 0 Å². The summed E-state index contributed by atoms with van der Waals surface area (Å²) in [7, 11) is 0. The van der Waals surface area contributed by atoms with E-state index in [1.54, 1.807) is 17.5 Å². The maximum atomic E-state index is 5.45. The van der Waals surface area contributed by atoms with Gasteiger partial charge >= 0.3 is 0 Å². The number of nitrogen functional groups attached to an aromatic ring is 1. The molecule has 0 fully saturated rings. The standard InChI is InChI=1S/C6H6N4S2/c1-3-8-2-4(11-3)5-9-10-6(7)12-5/h2H,1H3,(H2,7,10). The Balaban J connectivity index is 2.43. The predicted octanol–water partition coefficient (Wildman–Crippen LogP) is 1.55. The molecule has 2 heterocycles. The Kier molecular flexibility index (Phi) is 1.78. The third-order valence-corrected chi connectivity index (χ3v) is 3.11. The molecule has 0 aliphatic carbocycles. The summed E-state index contributed by atoms with van der Waals surface area (Å²) >= 11 is 2.98. The van der Waals surface area contributed by atoms with E-state index in [0.29, 0.717) is 5.13 Å². The van der Waals surface area contributed by atoms with E-state index in [9.17, 15) is 0 Å². The lowest BCUT2D eigenvalue weighted by Crippen LogP contribution is -1.79. The van der Waals surface area contributed by atoms with Crippen molar-refractivity contribution in [1.29, 1.82) is 0 Å². The van der Waals surface area contributed by atoms with Gasteiger partial charge in [-0.25, -0.2) is 4.98 Å². The van der Waals surface area contributed by atoms with Crippen molar-refractivity contribution in [3.8, 4) is 9.88 Å². The quantitative estimate of drug-likeness (QED) is 0.755. The minimum absolute atomic E-state index is 0.496. The average Bonchev–Trinajstić information content (AvgIpc) is 2.58. The number of nitrogens with two attached hydrogens (primary N) is 1. The van der Waals surface area contributed by atoms with Crippen LogP contribution in [0.5, 0.6) is 0 Å². The number of hydrogen-bond acceptors (Lipinski definition) is 6. The van der Waals surface area contributed by atoms with Gasteiger partial charge in [0.1, 0.15) is 0 Å². The van der Waals surface area contributed by atoms with Gasteiger partial charge < -0.3 is 5.73 Å². The van der Waals surface area contributed by atoms with Gasteiger partial charge in [0.15, 0.2) is 5.01 Å². The first kappa shape index (κ1) is 7.63. The molecule has 2 aromatic rings. The van der Waals surface area contributed by atoms with Crippen LogP contribution in [0.3, 0.4) is 0 Å². The zero-order valence-corrected chi connectivity index (χ0v) is 7.95. The first-order valence-corrected chi connectivity index (χ1v) is 4.91. The van der Waals surface area contributed by atoms with Crippen LogP contribution >= 0.6 is 22.7 Å². The molecule has 0 aliphatic heterocycles. The van der Waals surface area contributed by atoms with E-state index < -0.39 is 0 Å². The van der Waals surface area contributed by atoms with Crippen molar-refractivity contribution in [3.63, 3.8) is 0 Å². The minimum atomic E-state index is 0.496. The van der Waals surface area contributed by atoms with E-state index in [-0.39, 0.29) is 0 Å². The highest BCUT2D eigenvalue weighted by atomic mass is 32.1. The largest absolute Gasteiger partial charge is 0.374 e. The third-order valence-electron chi connectivity index (χ3n) is 1.27. The Hall–Kier alpha value is -1.01. The smallest absolute Gasteiger partial charge is 0.203 e. The van der Waals surface area contributed by atoms with Crippen molar-refractivity contribution >= 4 is 27.8 Å². The second-order valence-electron chi connectivity index (χ2n) is 2.19. The molecule has 12 heavy (non-hydrogen) atoms. The molecule has 4 nitrogen and oxygen atoms in total. The molecule has 0 atom stereocenters. The normalized spacial score (nSPS) is 10.4. The second kappa shape index (κ2) is 2.80. The van der Waals surface area contributed by atoms with Crippen LogP contribution in [0.25, 0.3) is 9.88 Å². The van der Waals surface area contributed by atoms with Crippen LogP contribution < -0.4 is 5.73 Å². The number of aryl methyl sites for hydroxylation is 1. The monoisotopic (exact) mass is 198 g/mol. The zero-order valence-electron chi connectivity index (χ0n) is 6.31. The summed E-state index contributed by atoms with van der Waals surface area (Å²) in [5.41, 5.74) is 5.45. The number of hydrogen-bond donors (Lipinski definition) is 1. The van der Waals surface area contributed by atoms with Crippen molar-refractivity contribution in [3.05, 3.63) is 11.2 Å². The topological polar surface area (TPSA) is 64.7 Å². The van der Waals surface area contributed by atoms with E-state index >= 15 is 0 Å². The fourth-order valence-electron chi connectivity index (χ4n) is 0.794. The van der Waals surface area contributed by atoms with Gasteiger partial charge in [0.05, 0.1) is 9.88 Å². The Morgan fingerprint density at radius 3 is 2.67 bits per heavy atom. The molecule has 62 valence electrons. The molecule has 0 bridgehead atoms. The molecule has 0 unspecified atom stereocenters. The fraction of sp³-hybridized carbons (Fsp3) is 0.167. The molecule has 0 aromatic carbocycles. The Morgan fingerprint density at radius 2 is 2.17 bits per heavy atom. The second-order valence-corrected chi connectivity index (χ2v) is 4.43. The van der Waals surface area contributed by atoms with Crippen LogP contribution in [-0.4, -0.2) is 15.2 Å². The summed E-state index contributed by atoms with van der Waals surface area (Å²) in [4.78, 5) is 5.15. The van der Waals surface area contributed by atoms with Gasteiger partial charge in [0, 0.05) is 6.20 Å². The lowest BCUT2D eigenvalue weighted by molar-refractivity contribution is 1.10. The molecule has 2 N–H and O–H groups in total. The van der Waals surface area contributed by atoms with Gasteiger partial charge in [0.25, 0.3) is 0 Å². The summed E-state index contributed by atoms with van der Waals surface area (Å²) in [6.07, 6.45) is 1.79. The third kappa shape index (κ3) is 1.30. The molecular formula is C6H6N4S2. The highest BCUT2D eigenvalue weighted by Crippen LogP contribution is 2.28. The van der Waals surface area contributed by atoms with Crippen molar-refractivity contribution in [2.75, 3.05) is 5.73 Å². The molecule has 0 spiro atoms. The summed E-state index contributed by atoms with van der Waals surface area (Å²) in [5, 5.41) is 10.0. The van der Waals surface area contributed by atoms with E-state index in [2.05, 4.69) is 15.2 Å². The minimum Gasteiger partial charge on any atom is -0.374 e. The number of rotatable bonds is 1. The van der Waals surface area contributed by atoms with E-state index in [1.807, 2.05) is 6.92 Å². The Bertz CT molecular complexity index is 353. The lowest BCUT2D eigenvalue weighted by Gasteiger charge is -1.81. The van der Waals surface area contributed by atoms with Gasteiger partial charge in [0.2, 0.25) is 5.13 Å². The van der Waals surface area contributed by atoms with E-state index in [4.69, 9.17) is 5.73 Å². The molecule has 2 aromatic heterocycles. The van der Waals surface area contributed by atoms with Crippen molar-refractivity contribution in [2.45, 2.75) is 6.92 Å². The Labute approximate surface area is 77.1 Å². The van der Waals surface area contributed by atoms with Gasteiger partial charge in [-0.15, -0.1) is 21.5 Å². The number of aromatic nitrogens is 3. The molecule has 0 saturated carbocycles. The molecule has 0 radical (unpaired) electrons. The van der Waals surface area contributed by atoms with Gasteiger partial charge in [-0.1, -0.05) is 11.3 Å². The van der Waals surface area contributed by atoms with Crippen molar-refractivity contribution < 1.29 is 0 Å². The molecule has 0 saturated heterocycles. The molecule has 6 heteroatoms. The van der Waals surface area contributed by atoms with Crippen LogP contribution in [-0.2, 0) is 0 Å². The van der Waals surface area contributed by atoms with Crippen LogP contribution in [0.4, 0.5) is 5.13 Å². The molecule has 0 aliphatic rings. The summed E-state index contributed by atoms with van der Waals surface area (Å²) in [5.74, 6) is 0. The maximum Gasteiger partial charge on any atom is 0.203 e. The van der Waals surface area contributed by atoms with Gasteiger partial charge in [-0.05, 0) is 6.92 Å². The molecule has 2 rings (SSSR count). The van der Waals surface area contributed by atoms with Crippen molar-refractivity contribution in [1.82, 2.24) is 15.2 Å². The number of anilines is 1. The molecular weight excluding hydrogens is 192 g/mol. The number of nitrogens with zero attached hydrogens (tertiary/aromatic N) is 3. The maximum absolute atomic E-state index is 5.45. The van der Waals surface area contributed by atoms with Crippen LogP contribution in [0.2, 0.25) is 0 Å². The fourth-order valence-corrected chi connectivity index (χ4v) is 2.22. The highest BCUT2D eigenvalue weighted by molar-refractivity contribution is 7.23. The SMILES string of the molecule is Cc1ncc(-c2nnc(N)s2)s1. The van der Waals surface area contributed by atoms with E-state index in [1.165, 1.54) is 11.3 Å². The van der Waals surface area contributed by atoms with Gasteiger partial charge in [-0.2, -0.15) is 0 Å². The van der Waals surface area contributed by atoms with Crippen LogP contribution in [0.15, 0.2) is 6.20 Å². The van der Waals surface area contributed by atoms with Gasteiger partial charge in [-0.3, -0.25) is 0 Å². The first-order valence-electron chi connectivity index (χ1n) is 3.27. The summed E-state index contributed by atoms with van der Waals surface area (Å²) < 4.78 is 0. The lowest BCUT2D eigenvalue weighted by atomic mass is 10.6. The highest BCUT2D eigenvalue weighted by Gasteiger charge is 2.06. The Morgan fingerprint density at radius 1 is 1.33 bits per heavy atom. The van der Waals surface area contributed by atoms with Crippen LogP contribution in [0.1, 0.15) is 5.01 Å². The predicted molar refractivity (Wildman–Crippen MR) is 50.2 cm³/mol. The number of thiazole rings is 1. The molecule has 0 amide bonds. The summed E-state index contributed by atoms with van der Waals surface area (Å²) in [6.45, 7) is 1.96. The average molecular weight is 198 g/mol. The first-order chi connectivity index (χ1) is 5.75. The zero-order chi connectivity index (χ0) is 8.55. The van der Waals surface area contributed by atoms with Crippen LogP contribution in [0, 0.1) is 6.92 Å².